The number of rotatable bonds is 2. The quantitative estimate of drug-likeness (QED) is 0.407. The number of methoxy groups -OCH3 is 2. The smallest absolute Gasteiger partial charge is 0.320 e. The van der Waals surface area contributed by atoms with Gasteiger partial charge in [0.25, 0.3) is 0 Å². The number of esters is 2. The van der Waals surface area contributed by atoms with Crippen LogP contribution in [0, 0.1) is 5.92 Å². The summed E-state index contributed by atoms with van der Waals surface area (Å²) in [7, 11) is 2.46. The van der Waals surface area contributed by atoms with E-state index in [9.17, 15) is 9.59 Å². The molecule has 0 aromatic heterocycles. The predicted octanol–water partition coefficient (Wildman–Crippen LogP) is -0.106. The Morgan fingerprint density at radius 3 is 2.47 bits per heavy atom. The molecule has 1 fully saturated rings. The Morgan fingerprint density at radius 1 is 1.40 bits per heavy atom. The molecular formula is C8H11NO5S. The van der Waals surface area contributed by atoms with Crippen molar-refractivity contribution in [1.29, 1.82) is 0 Å². The Hall–Kier alpha value is -1.24. The Bertz CT molecular complexity index is 303. The molecule has 1 rings (SSSR count). The lowest BCUT2D eigenvalue weighted by Gasteiger charge is -2.13. The molecule has 1 heterocycles. The molecule has 84 valence electrons. The van der Waals surface area contributed by atoms with Crippen LogP contribution in [-0.4, -0.2) is 48.1 Å². The van der Waals surface area contributed by atoms with Gasteiger partial charge in [-0.25, -0.2) is 0 Å². The van der Waals surface area contributed by atoms with E-state index in [1.165, 1.54) is 26.0 Å². The Morgan fingerprint density at radius 2 is 2.00 bits per heavy atom. The van der Waals surface area contributed by atoms with Crippen LogP contribution in [0.1, 0.15) is 0 Å². The number of oxime groups is 1. The van der Waals surface area contributed by atoms with Gasteiger partial charge in [-0.15, -0.1) is 11.8 Å². The second-order valence-corrected chi connectivity index (χ2v) is 3.98. The fraction of sp³-hybridized carbons (Fsp3) is 0.625. The van der Waals surface area contributed by atoms with E-state index in [0.717, 1.165) is 0 Å². The fourth-order valence-electron chi connectivity index (χ4n) is 1.33. The lowest BCUT2D eigenvalue weighted by atomic mass is 10.0. The van der Waals surface area contributed by atoms with Crippen molar-refractivity contribution in [2.24, 2.45) is 11.1 Å². The second-order valence-electron chi connectivity index (χ2n) is 2.85. The van der Waals surface area contributed by atoms with E-state index in [0.29, 0.717) is 5.75 Å². The zero-order valence-corrected chi connectivity index (χ0v) is 9.11. The number of nitrogens with zero attached hydrogens (tertiary/aromatic N) is 1. The molecule has 0 unspecified atom stereocenters. The van der Waals surface area contributed by atoms with Crippen molar-refractivity contribution in [3.8, 4) is 0 Å². The molecule has 0 radical (unpaired) electrons. The molecule has 0 amide bonds. The van der Waals surface area contributed by atoms with Gasteiger partial charge in [0.2, 0.25) is 0 Å². The van der Waals surface area contributed by atoms with Gasteiger partial charge in [0, 0.05) is 5.75 Å². The molecule has 1 N–H and O–H groups in total. The summed E-state index contributed by atoms with van der Waals surface area (Å²) >= 11 is 1.19. The van der Waals surface area contributed by atoms with Crippen molar-refractivity contribution < 1.29 is 24.3 Å². The summed E-state index contributed by atoms with van der Waals surface area (Å²) in [6.45, 7) is 0. The summed E-state index contributed by atoms with van der Waals surface area (Å²) in [5.41, 5.74) is 0.238. The number of carbonyl (C=O) groups is 2. The molecule has 7 heteroatoms. The van der Waals surface area contributed by atoms with Gasteiger partial charge in [-0.3, -0.25) is 9.59 Å². The maximum atomic E-state index is 11.4. The third-order valence-corrected chi connectivity index (χ3v) is 3.38. The van der Waals surface area contributed by atoms with Gasteiger partial charge in [0.05, 0.1) is 19.9 Å². The highest BCUT2D eigenvalue weighted by atomic mass is 32.2. The van der Waals surface area contributed by atoms with Crippen molar-refractivity contribution in [2.75, 3.05) is 20.0 Å². The first kappa shape index (κ1) is 11.8. The topological polar surface area (TPSA) is 85.2 Å². The monoisotopic (exact) mass is 233 g/mol. The summed E-state index contributed by atoms with van der Waals surface area (Å²) in [6.07, 6.45) is 0. The van der Waals surface area contributed by atoms with E-state index in [1.54, 1.807) is 0 Å². The van der Waals surface area contributed by atoms with Gasteiger partial charge in [0.15, 0.2) is 0 Å². The van der Waals surface area contributed by atoms with Crippen LogP contribution in [0.4, 0.5) is 0 Å². The number of ether oxygens (including phenoxy) is 2. The van der Waals surface area contributed by atoms with Crippen molar-refractivity contribution in [1.82, 2.24) is 0 Å². The minimum atomic E-state index is -0.850. The molecule has 0 spiro atoms. The predicted molar refractivity (Wildman–Crippen MR) is 53.0 cm³/mol. The van der Waals surface area contributed by atoms with Crippen LogP contribution in [-0.2, 0) is 19.1 Å². The molecule has 1 aliphatic rings. The van der Waals surface area contributed by atoms with Crippen molar-refractivity contribution in [2.45, 2.75) is 5.25 Å². The SMILES string of the molecule is COC(=O)[C@H]1SC/C(=N/O)[C@@H]1C(=O)OC. The minimum absolute atomic E-state index is 0.238. The lowest BCUT2D eigenvalue weighted by Crippen LogP contribution is -2.34. The third-order valence-electron chi connectivity index (χ3n) is 2.09. The molecule has 1 aliphatic heterocycles. The van der Waals surface area contributed by atoms with Crippen molar-refractivity contribution in [3.05, 3.63) is 0 Å². The van der Waals surface area contributed by atoms with Crippen LogP contribution in [0.15, 0.2) is 5.16 Å². The lowest BCUT2D eigenvalue weighted by molar-refractivity contribution is -0.148. The number of thioether (sulfide) groups is 1. The van der Waals surface area contributed by atoms with Crippen LogP contribution in [0.25, 0.3) is 0 Å². The number of hydrogen-bond acceptors (Lipinski definition) is 7. The molecule has 0 aromatic rings. The second kappa shape index (κ2) is 5.01. The highest BCUT2D eigenvalue weighted by molar-refractivity contribution is 8.01. The molecule has 0 bridgehead atoms. The summed E-state index contributed by atoms with van der Waals surface area (Å²) in [5, 5.41) is 11.0. The van der Waals surface area contributed by atoms with Gasteiger partial charge in [-0.05, 0) is 0 Å². The largest absolute Gasteiger partial charge is 0.468 e. The summed E-state index contributed by atoms with van der Waals surface area (Å²) in [6, 6.07) is 0. The zero-order chi connectivity index (χ0) is 11.4. The number of hydrogen-bond donors (Lipinski definition) is 1. The van der Waals surface area contributed by atoms with Crippen LogP contribution in [0.3, 0.4) is 0 Å². The van der Waals surface area contributed by atoms with Crippen LogP contribution in [0.5, 0.6) is 0 Å². The van der Waals surface area contributed by atoms with Gasteiger partial charge in [-0.1, -0.05) is 5.16 Å². The van der Waals surface area contributed by atoms with Gasteiger partial charge < -0.3 is 14.7 Å². The molecule has 0 aliphatic carbocycles. The van der Waals surface area contributed by atoms with Crippen LogP contribution in [0.2, 0.25) is 0 Å². The molecule has 6 nitrogen and oxygen atoms in total. The first-order valence-electron chi connectivity index (χ1n) is 4.13. The van der Waals surface area contributed by atoms with E-state index in [4.69, 9.17) is 5.21 Å². The van der Waals surface area contributed by atoms with Gasteiger partial charge in [-0.2, -0.15) is 0 Å². The molecule has 1 saturated heterocycles. The fourth-order valence-corrected chi connectivity index (χ4v) is 2.61. The zero-order valence-electron chi connectivity index (χ0n) is 8.30. The average Bonchev–Trinajstić information content (AvgIpc) is 2.70. The standard InChI is InChI=1S/C8H11NO5S/c1-13-7(10)5-4(9-12)3-15-6(5)8(11)14-2/h5-6,12H,3H2,1-2H3/b9-4-/t5-,6-/m0/s1. The first-order chi connectivity index (χ1) is 7.15. The molecule has 15 heavy (non-hydrogen) atoms. The molecular weight excluding hydrogens is 222 g/mol. The highest BCUT2D eigenvalue weighted by Crippen LogP contribution is 2.32. The third kappa shape index (κ3) is 2.23. The van der Waals surface area contributed by atoms with E-state index >= 15 is 0 Å². The van der Waals surface area contributed by atoms with Gasteiger partial charge in [0.1, 0.15) is 11.2 Å². The Labute approximate surface area is 90.6 Å². The van der Waals surface area contributed by atoms with E-state index in [-0.39, 0.29) is 5.71 Å². The van der Waals surface area contributed by atoms with Gasteiger partial charge >= 0.3 is 11.9 Å². The Kier molecular flexibility index (Phi) is 3.96. The molecule has 0 saturated carbocycles. The summed E-state index contributed by atoms with van der Waals surface area (Å²) in [5.74, 6) is -1.65. The maximum absolute atomic E-state index is 11.4. The highest BCUT2D eigenvalue weighted by Gasteiger charge is 2.45. The summed E-state index contributed by atoms with van der Waals surface area (Å²) in [4.78, 5) is 22.7. The average molecular weight is 233 g/mol. The normalized spacial score (nSPS) is 27.7. The summed E-state index contributed by atoms with van der Waals surface area (Å²) < 4.78 is 9.09. The molecule has 0 aromatic carbocycles. The number of carbonyl (C=O) groups excluding carboxylic acids is 2. The maximum Gasteiger partial charge on any atom is 0.320 e. The minimum Gasteiger partial charge on any atom is -0.468 e. The molecule has 2 atom stereocenters. The van der Waals surface area contributed by atoms with Crippen LogP contribution < -0.4 is 0 Å². The Balaban J connectivity index is 2.91. The van der Waals surface area contributed by atoms with Crippen molar-refractivity contribution >= 4 is 29.4 Å². The van der Waals surface area contributed by atoms with E-state index in [2.05, 4.69) is 14.6 Å². The van der Waals surface area contributed by atoms with Crippen LogP contribution >= 0.6 is 11.8 Å². The first-order valence-corrected chi connectivity index (χ1v) is 5.18. The van der Waals surface area contributed by atoms with E-state index < -0.39 is 23.1 Å². The van der Waals surface area contributed by atoms with E-state index in [1.807, 2.05) is 0 Å². The van der Waals surface area contributed by atoms with Crippen molar-refractivity contribution in [3.63, 3.8) is 0 Å².